The zero-order chi connectivity index (χ0) is 27.2. The molecule has 1 saturated heterocycles. The molecule has 1 aliphatic heterocycles. The monoisotopic (exact) mass is 582 g/mol. The summed E-state index contributed by atoms with van der Waals surface area (Å²) in [6.07, 6.45) is 3.10. The fourth-order valence-electron chi connectivity index (χ4n) is 4.43. The molecular formula is C28H30N4O4S3. The fourth-order valence-corrected chi connectivity index (χ4v) is 6.96. The van der Waals surface area contributed by atoms with Crippen molar-refractivity contribution in [2.24, 2.45) is 0 Å². The summed E-state index contributed by atoms with van der Waals surface area (Å²) in [6, 6.07) is 11.8. The number of carbonyl (C=O) groups is 2. The molecule has 4 aromatic rings. The number of anilines is 1. The summed E-state index contributed by atoms with van der Waals surface area (Å²) in [5.41, 5.74) is 3.04. The maximum atomic E-state index is 13.1. The molecule has 0 bridgehead atoms. The van der Waals surface area contributed by atoms with Crippen LogP contribution in [0, 0.1) is 0 Å². The second kappa shape index (κ2) is 12.9. The average molecular weight is 583 g/mol. The topological polar surface area (TPSA) is 95.3 Å². The number of nitrogens with zero attached hydrogens (tertiary/aromatic N) is 3. The number of esters is 1. The molecule has 3 aromatic heterocycles. The number of hydrogen-bond acceptors (Lipinski definition) is 9. The van der Waals surface area contributed by atoms with E-state index in [4.69, 9.17) is 9.47 Å². The Bertz CT molecular complexity index is 1420. The van der Waals surface area contributed by atoms with Crippen LogP contribution in [0.5, 0.6) is 0 Å². The van der Waals surface area contributed by atoms with E-state index < -0.39 is 5.97 Å². The SMILES string of the molecule is CCOC(=O)c1c(-c2ccccc2)csc1NC(=O)CSc1nnc(-c2csc(CC)c2)n1CC1CCCO1. The molecule has 1 aromatic carbocycles. The molecule has 1 N–H and O–H groups in total. The van der Waals surface area contributed by atoms with Crippen LogP contribution in [0.4, 0.5) is 5.00 Å². The minimum absolute atomic E-state index is 0.104. The highest BCUT2D eigenvalue weighted by Gasteiger charge is 2.25. The van der Waals surface area contributed by atoms with E-state index in [1.165, 1.54) is 28.0 Å². The number of ether oxygens (including phenoxy) is 2. The van der Waals surface area contributed by atoms with Gasteiger partial charge in [-0.1, -0.05) is 49.0 Å². The lowest BCUT2D eigenvalue weighted by Crippen LogP contribution is -2.18. The third-order valence-corrected chi connectivity index (χ3v) is 9.27. The Morgan fingerprint density at radius 1 is 1.15 bits per heavy atom. The van der Waals surface area contributed by atoms with Crippen LogP contribution in [0.3, 0.4) is 0 Å². The zero-order valence-corrected chi connectivity index (χ0v) is 24.3. The van der Waals surface area contributed by atoms with Crippen LogP contribution in [-0.2, 0) is 27.2 Å². The van der Waals surface area contributed by atoms with Crippen LogP contribution in [0.25, 0.3) is 22.5 Å². The second-order valence-electron chi connectivity index (χ2n) is 8.98. The van der Waals surface area contributed by atoms with Gasteiger partial charge in [-0.15, -0.1) is 32.9 Å². The molecule has 5 rings (SSSR count). The van der Waals surface area contributed by atoms with Crippen molar-refractivity contribution in [2.45, 2.75) is 50.9 Å². The van der Waals surface area contributed by atoms with Gasteiger partial charge in [0.1, 0.15) is 10.6 Å². The van der Waals surface area contributed by atoms with E-state index in [0.717, 1.165) is 48.4 Å². The van der Waals surface area contributed by atoms with E-state index >= 15 is 0 Å². The highest BCUT2D eigenvalue weighted by molar-refractivity contribution is 7.99. The minimum atomic E-state index is -0.455. The number of nitrogens with one attached hydrogen (secondary N) is 1. The molecule has 8 nitrogen and oxygen atoms in total. The summed E-state index contributed by atoms with van der Waals surface area (Å²) >= 11 is 4.35. The molecule has 0 saturated carbocycles. The van der Waals surface area contributed by atoms with E-state index in [9.17, 15) is 9.59 Å². The van der Waals surface area contributed by atoms with Crippen molar-refractivity contribution in [1.82, 2.24) is 14.8 Å². The number of thioether (sulfide) groups is 1. The van der Waals surface area contributed by atoms with Gasteiger partial charge in [0.2, 0.25) is 5.91 Å². The smallest absolute Gasteiger partial charge is 0.341 e. The van der Waals surface area contributed by atoms with Crippen molar-refractivity contribution in [3.63, 3.8) is 0 Å². The number of aryl methyl sites for hydroxylation is 1. The molecule has 1 amide bonds. The summed E-state index contributed by atoms with van der Waals surface area (Å²) in [4.78, 5) is 27.2. The first-order chi connectivity index (χ1) is 19.1. The van der Waals surface area contributed by atoms with Crippen molar-refractivity contribution in [2.75, 3.05) is 24.3 Å². The van der Waals surface area contributed by atoms with E-state index in [2.05, 4.69) is 38.5 Å². The maximum Gasteiger partial charge on any atom is 0.341 e. The van der Waals surface area contributed by atoms with Crippen molar-refractivity contribution in [3.05, 3.63) is 57.6 Å². The molecule has 1 unspecified atom stereocenters. The molecule has 0 aliphatic carbocycles. The van der Waals surface area contributed by atoms with Gasteiger partial charge in [-0.2, -0.15) is 0 Å². The lowest BCUT2D eigenvalue weighted by atomic mass is 10.0. The standard InChI is InChI=1S/C28H30N4O4S3/c1-3-21-13-19(15-37-21)25-30-31-28(32(25)14-20-11-8-12-36-20)39-17-23(33)29-26-24(27(34)35-4-2)22(16-38-26)18-9-6-5-7-10-18/h5-7,9-10,13,15-16,20H,3-4,8,11-12,14,17H2,1-2H3,(H,29,33). The van der Waals surface area contributed by atoms with E-state index in [-0.39, 0.29) is 24.4 Å². The molecular weight excluding hydrogens is 553 g/mol. The molecule has 4 heterocycles. The zero-order valence-electron chi connectivity index (χ0n) is 21.8. The van der Waals surface area contributed by atoms with E-state index in [1.807, 2.05) is 35.7 Å². The number of carbonyl (C=O) groups excluding carboxylic acids is 2. The van der Waals surface area contributed by atoms with Gasteiger partial charge < -0.3 is 14.8 Å². The van der Waals surface area contributed by atoms with Gasteiger partial charge in [0, 0.05) is 33.4 Å². The van der Waals surface area contributed by atoms with Crippen LogP contribution in [0.15, 0.2) is 52.3 Å². The maximum absolute atomic E-state index is 13.1. The predicted octanol–water partition coefficient (Wildman–Crippen LogP) is 6.38. The van der Waals surface area contributed by atoms with Gasteiger partial charge in [0.15, 0.2) is 11.0 Å². The molecule has 39 heavy (non-hydrogen) atoms. The number of aromatic nitrogens is 3. The van der Waals surface area contributed by atoms with Crippen molar-refractivity contribution >= 4 is 51.3 Å². The number of rotatable bonds is 11. The highest BCUT2D eigenvalue weighted by Crippen LogP contribution is 2.36. The van der Waals surface area contributed by atoms with E-state index in [0.29, 0.717) is 22.3 Å². The molecule has 0 radical (unpaired) electrons. The summed E-state index contributed by atoms with van der Waals surface area (Å²) in [5.74, 6) is 0.224. The number of thiophene rings is 2. The van der Waals surface area contributed by atoms with Gasteiger partial charge in [0.05, 0.1) is 25.0 Å². The lowest BCUT2D eigenvalue weighted by molar-refractivity contribution is -0.113. The minimum Gasteiger partial charge on any atom is -0.462 e. The molecule has 204 valence electrons. The van der Waals surface area contributed by atoms with Gasteiger partial charge in [-0.05, 0) is 37.8 Å². The normalized spacial score (nSPS) is 15.0. The lowest BCUT2D eigenvalue weighted by Gasteiger charge is -2.14. The summed E-state index contributed by atoms with van der Waals surface area (Å²) in [5, 5.41) is 17.0. The van der Waals surface area contributed by atoms with Crippen LogP contribution in [0.1, 0.15) is 41.9 Å². The van der Waals surface area contributed by atoms with Gasteiger partial charge in [-0.25, -0.2) is 4.79 Å². The van der Waals surface area contributed by atoms with Crippen LogP contribution in [0.2, 0.25) is 0 Å². The first-order valence-corrected chi connectivity index (χ1v) is 15.7. The highest BCUT2D eigenvalue weighted by atomic mass is 32.2. The van der Waals surface area contributed by atoms with Gasteiger partial charge in [0.25, 0.3) is 0 Å². The van der Waals surface area contributed by atoms with Crippen molar-refractivity contribution < 1.29 is 19.1 Å². The molecule has 1 fully saturated rings. The number of amides is 1. The van der Waals surface area contributed by atoms with Gasteiger partial charge in [-0.3, -0.25) is 9.36 Å². The Hall–Kier alpha value is -2.99. The molecule has 11 heteroatoms. The Kier molecular flexibility index (Phi) is 9.13. The molecule has 0 spiro atoms. The first kappa shape index (κ1) is 27.6. The second-order valence-corrected chi connectivity index (χ2v) is 11.8. The van der Waals surface area contributed by atoms with Crippen LogP contribution in [-0.4, -0.2) is 51.7 Å². The summed E-state index contributed by atoms with van der Waals surface area (Å²) in [6.45, 7) is 5.55. The van der Waals surface area contributed by atoms with E-state index in [1.54, 1.807) is 18.3 Å². The Labute approximate surface area is 239 Å². The number of benzene rings is 1. The fraction of sp³-hybridized carbons (Fsp3) is 0.357. The third-order valence-electron chi connectivity index (χ3n) is 6.33. The number of hydrogen-bond donors (Lipinski definition) is 1. The van der Waals surface area contributed by atoms with Gasteiger partial charge >= 0.3 is 5.97 Å². The first-order valence-electron chi connectivity index (χ1n) is 13.0. The van der Waals surface area contributed by atoms with Crippen LogP contribution < -0.4 is 5.32 Å². The Morgan fingerprint density at radius 2 is 2.00 bits per heavy atom. The van der Waals surface area contributed by atoms with Crippen molar-refractivity contribution in [1.29, 1.82) is 0 Å². The average Bonchev–Trinajstić information content (AvgIpc) is 3.76. The van der Waals surface area contributed by atoms with Crippen molar-refractivity contribution in [3.8, 4) is 22.5 Å². The molecule has 1 aliphatic rings. The summed E-state index contributed by atoms with van der Waals surface area (Å²) < 4.78 is 13.3. The molecule has 1 atom stereocenters. The predicted molar refractivity (Wildman–Crippen MR) is 157 cm³/mol. The Morgan fingerprint density at radius 3 is 2.72 bits per heavy atom. The largest absolute Gasteiger partial charge is 0.462 e. The third kappa shape index (κ3) is 6.43. The quantitative estimate of drug-likeness (QED) is 0.162. The summed E-state index contributed by atoms with van der Waals surface area (Å²) in [7, 11) is 0. The van der Waals surface area contributed by atoms with Crippen LogP contribution >= 0.6 is 34.4 Å². The Balaban J connectivity index is 1.34.